The summed E-state index contributed by atoms with van der Waals surface area (Å²) < 4.78 is 20.9. The van der Waals surface area contributed by atoms with Gasteiger partial charge in [0.05, 0.1) is 13.2 Å². The second-order valence-electron chi connectivity index (χ2n) is 6.24. The van der Waals surface area contributed by atoms with Crippen LogP contribution in [0.3, 0.4) is 0 Å². The number of aryl methyl sites for hydroxylation is 1. The van der Waals surface area contributed by atoms with Crippen LogP contribution in [0, 0.1) is 5.82 Å². The number of piperidine rings is 1. The first-order valence-corrected chi connectivity index (χ1v) is 8.68. The third kappa shape index (κ3) is 3.50. The van der Waals surface area contributed by atoms with Crippen molar-refractivity contribution in [2.24, 2.45) is 0 Å². The van der Waals surface area contributed by atoms with E-state index in [9.17, 15) is 9.18 Å². The van der Waals surface area contributed by atoms with E-state index < -0.39 is 5.82 Å². The van der Waals surface area contributed by atoms with Crippen LogP contribution in [0.1, 0.15) is 54.8 Å². The highest BCUT2D eigenvalue weighted by Gasteiger charge is 2.32. The number of amides is 1. The lowest BCUT2D eigenvalue weighted by Gasteiger charge is -2.35. The van der Waals surface area contributed by atoms with E-state index in [1.807, 2.05) is 4.57 Å². The monoisotopic (exact) mass is 346 g/mol. The Morgan fingerprint density at radius 2 is 2.24 bits per heavy atom. The Hall–Kier alpha value is -2.44. The molecule has 0 aliphatic carbocycles. The average molecular weight is 346 g/mol. The van der Waals surface area contributed by atoms with E-state index in [-0.39, 0.29) is 17.7 Å². The largest absolute Gasteiger partial charge is 0.494 e. The van der Waals surface area contributed by atoms with Crippen LogP contribution in [0.2, 0.25) is 0 Å². The molecule has 3 rings (SSSR count). The van der Waals surface area contributed by atoms with Gasteiger partial charge in [-0.25, -0.2) is 4.39 Å². The highest BCUT2D eigenvalue weighted by atomic mass is 19.1. The van der Waals surface area contributed by atoms with Crippen LogP contribution in [-0.2, 0) is 6.54 Å². The van der Waals surface area contributed by atoms with E-state index in [1.165, 1.54) is 19.2 Å². The molecular formula is C18H23FN4O2. The SMILES string of the molecule is CCCn1cnnc1[C@@H]1CCCCN1C(=O)c1ccc(OC)c(F)c1. The Bertz CT molecular complexity index is 746. The van der Waals surface area contributed by atoms with Gasteiger partial charge in [0.2, 0.25) is 0 Å². The minimum absolute atomic E-state index is 0.125. The van der Waals surface area contributed by atoms with E-state index >= 15 is 0 Å². The Labute approximate surface area is 146 Å². The Morgan fingerprint density at radius 1 is 1.40 bits per heavy atom. The number of aromatic nitrogens is 3. The molecule has 0 bridgehead atoms. The van der Waals surface area contributed by atoms with Crippen molar-refractivity contribution in [2.45, 2.75) is 45.2 Å². The first-order valence-electron chi connectivity index (χ1n) is 8.68. The zero-order valence-corrected chi connectivity index (χ0v) is 14.6. The van der Waals surface area contributed by atoms with Crippen LogP contribution >= 0.6 is 0 Å². The Balaban J connectivity index is 1.89. The number of hydrogen-bond acceptors (Lipinski definition) is 4. The molecule has 1 aliphatic heterocycles. The second-order valence-corrected chi connectivity index (χ2v) is 6.24. The molecule has 1 aromatic heterocycles. The summed E-state index contributed by atoms with van der Waals surface area (Å²) >= 11 is 0. The van der Waals surface area contributed by atoms with Gasteiger partial charge in [0, 0.05) is 18.7 Å². The molecule has 1 atom stereocenters. The minimum Gasteiger partial charge on any atom is -0.494 e. The molecule has 134 valence electrons. The number of benzene rings is 1. The maximum Gasteiger partial charge on any atom is 0.254 e. The van der Waals surface area contributed by atoms with Gasteiger partial charge in [-0.1, -0.05) is 6.92 Å². The van der Waals surface area contributed by atoms with Crippen LogP contribution in [0.25, 0.3) is 0 Å². The standard InChI is InChI=1S/C18H23FN4O2/c1-3-9-22-12-20-21-17(22)15-6-4-5-10-23(15)18(24)13-7-8-16(25-2)14(19)11-13/h7-8,11-12,15H,3-6,9-10H2,1-2H3/t15-/m0/s1. The summed E-state index contributed by atoms with van der Waals surface area (Å²) in [7, 11) is 1.40. The van der Waals surface area contributed by atoms with E-state index in [0.717, 1.165) is 38.1 Å². The van der Waals surface area contributed by atoms with Crippen molar-refractivity contribution < 1.29 is 13.9 Å². The summed E-state index contributed by atoms with van der Waals surface area (Å²) in [6.45, 7) is 3.54. The maximum absolute atomic E-state index is 14.0. The Morgan fingerprint density at radius 3 is 2.96 bits per heavy atom. The predicted molar refractivity (Wildman–Crippen MR) is 90.9 cm³/mol. The highest BCUT2D eigenvalue weighted by Crippen LogP contribution is 2.31. The van der Waals surface area contributed by atoms with Crippen LogP contribution < -0.4 is 4.74 Å². The van der Waals surface area contributed by atoms with Gasteiger partial charge in [-0.2, -0.15) is 0 Å². The van der Waals surface area contributed by atoms with Crippen LogP contribution in [-0.4, -0.2) is 39.2 Å². The second kappa shape index (κ2) is 7.63. The summed E-state index contributed by atoms with van der Waals surface area (Å²) in [5.74, 6) is 0.228. The number of carbonyl (C=O) groups is 1. The van der Waals surface area contributed by atoms with E-state index in [4.69, 9.17) is 4.74 Å². The minimum atomic E-state index is -0.531. The third-order valence-electron chi connectivity index (χ3n) is 4.57. The van der Waals surface area contributed by atoms with E-state index in [1.54, 1.807) is 17.3 Å². The van der Waals surface area contributed by atoms with Crippen molar-refractivity contribution in [1.82, 2.24) is 19.7 Å². The zero-order chi connectivity index (χ0) is 17.8. The quantitative estimate of drug-likeness (QED) is 0.834. The lowest BCUT2D eigenvalue weighted by molar-refractivity contribution is 0.0594. The van der Waals surface area contributed by atoms with Crippen molar-refractivity contribution in [2.75, 3.05) is 13.7 Å². The molecule has 1 aliphatic rings. The normalized spacial score (nSPS) is 17.6. The summed E-state index contributed by atoms with van der Waals surface area (Å²) in [5, 5.41) is 8.27. The average Bonchev–Trinajstić information content (AvgIpc) is 3.09. The number of methoxy groups -OCH3 is 1. The fourth-order valence-electron chi connectivity index (χ4n) is 3.34. The molecule has 0 unspecified atom stereocenters. The number of likely N-dealkylation sites (tertiary alicyclic amines) is 1. The molecule has 2 aromatic rings. The van der Waals surface area contributed by atoms with Gasteiger partial charge in [0.25, 0.3) is 5.91 Å². The predicted octanol–water partition coefficient (Wildman–Crippen LogP) is 3.20. The highest BCUT2D eigenvalue weighted by molar-refractivity contribution is 5.94. The van der Waals surface area contributed by atoms with Crippen molar-refractivity contribution in [3.05, 3.63) is 41.7 Å². The molecular weight excluding hydrogens is 323 g/mol. The topological polar surface area (TPSA) is 60.2 Å². The molecule has 25 heavy (non-hydrogen) atoms. The van der Waals surface area contributed by atoms with Crippen LogP contribution in [0.4, 0.5) is 4.39 Å². The van der Waals surface area contributed by atoms with Crippen molar-refractivity contribution >= 4 is 5.91 Å². The van der Waals surface area contributed by atoms with Crippen LogP contribution in [0.5, 0.6) is 5.75 Å². The Kier molecular flexibility index (Phi) is 5.31. The van der Waals surface area contributed by atoms with Crippen molar-refractivity contribution in [3.8, 4) is 5.75 Å². The lowest BCUT2D eigenvalue weighted by atomic mass is 10.00. The molecule has 0 saturated carbocycles. The summed E-state index contributed by atoms with van der Waals surface area (Å²) in [6, 6.07) is 4.21. The number of hydrogen-bond donors (Lipinski definition) is 0. The van der Waals surface area contributed by atoms with Gasteiger partial charge in [0.1, 0.15) is 6.33 Å². The zero-order valence-electron chi connectivity index (χ0n) is 14.6. The van der Waals surface area contributed by atoms with Gasteiger partial charge in [-0.05, 0) is 43.9 Å². The first-order chi connectivity index (χ1) is 12.2. The molecule has 6 nitrogen and oxygen atoms in total. The smallest absolute Gasteiger partial charge is 0.254 e. The fraction of sp³-hybridized carbons (Fsp3) is 0.500. The summed E-state index contributed by atoms with van der Waals surface area (Å²) in [6.07, 6.45) is 5.48. The molecule has 7 heteroatoms. The number of carbonyl (C=O) groups excluding carboxylic acids is 1. The van der Waals surface area contributed by atoms with Crippen molar-refractivity contribution in [3.63, 3.8) is 0 Å². The molecule has 1 aromatic carbocycles. The number of rotatable bonds is 5. The summed E-state index contributed by atoms with van der Waals surface area (Å²) in [5.41, 5.74) is 0.326. The van der Waals surface area contributed by atoms with Gasteiger partial charge >= 0.3 is 0 Å². The summed E-state index contributed by atoms with van der Waals surface area (Å²) in [4.78, 5) is 14.8. The van der Waals surface area contributed by atoms with Gasteiger partial charge in [-0.3, -0.25) is 4.79 Å². The van der Waals surface area contributed by atoms with Gasteiger partial charge < -0.3 is 14.2 Å². The molecule has 0 spiro atoms. The lowest BCUT2D eigenvalue weighted by Crippen LogP contribution is -2.39. The molecule has 2 heterocycles. The molecule has 1 amide bonds. The number of nitrogens with zero attached hydrogens (tertiary/aromatic N) is 4. The van der Waals surface area contributed by atoms with Gasteiger partial charge in [0.15, 0.2) is 17.4 Å². The molecule has 0 N–H and O–H groups in total. The maximum atomic E-state index is 14.0. The number of ether oxygens (including phenoxy) is 1. The van der Waals surface area contributed by atoms with E-state index in [2.05, 4.69) is 17.1 Å². The van der Waals surface area contributed by atoms with Crippen LogP contribution in [0.15, 0.2) is 24.5 Å². The van der Waals surface area contributed by atoms with Crippen molar-refractivity contribution in [1.29, 1.82) is 0 Å². The first kappa shape index (κ1) is 17.4. The van der Waals surface area contributed by atoms with Gasteiger partial charge in [-0.15, -0.1) is 10.2 Å². The van der Waals surface area contributed by atoms with E-state index in [0.29, 0.717) is 12.1 Å². The molecule has 1 saturated heterocycles. The fourth-order valence-corrected chi connectivity index (χ4v) is 3.34. The molecule has 1 fully saturated rings. The number of halogens is 1. The third-order valence-corrected chi connectivity index (χ3v) is 4.57. The molecule has 0 radical (unpaired) electrons.